The molecule has 0 aromatic carbocycles. The van der Waals surface area contributed by atoms with Gasteiger partial charge in [0.15, 0.2) is 17.3 Å². The van der Waals surface area contributed by atoms with E-state index < -0.39 is 0 Å². The third-order valence-corrected chi connectivity index (χ3v) is 4.78. The molecule has 0 unspecified atom stereocenters. The molecule has 0 bridgehead atoms. The number of hydrogen-bond donors (Lipinski definition) is 0. The summed E-state index contributed by atoms with van der Waals surface area (Å²) in [5, 5.41) is 4.17. The number of fused-ring (bicyclic) bond motifs is 1. The molecule has 0 saturated carbocycles. The molecule has 0 saturated heterocycles. The maximum absolute atomic E-state index is 4.81. The van der Waals surface area contributed by atoms with Gasteiger partial charge in [0.05, 0.1) is 0 Å². The fourth-order valence-electron chi connectivity index (χ4n) is 2.71. The Morgan fingerprint density at radius 3 is 2.84 bits per heavy atom. The van der Waals surface area contributed by atoms with Crippen molar-refractivity contribution in [1.29, 1.82) is 0 Å². The second kappa shape index (κ2) is 6.29. The molecular weight excluding hydrogens is 334 g/mol. The monoisotopic (exact) mass is 351 g/mol. The zero-order chi connectivity index (χ0) is 17.4. The molecule has 0 atom stereocenters. The lowest BCUT2D eigenvalue weighted by molar-refractivity contribution is 0.837. The Labute approximate surface area is 149 Å². The summed E-state index contributed by atoms with van der Waals surface area (Å²) in [5.41, 5.74) is 3.64. The van der Waals surface area contributed by atoms with Gasteiger partial charge in [0.25, 0.3) is 0 Å². The summed E-state index contributed by atoms with van der Waals surface area (Å²) >= 11 is 1.74. The third kappa shape index (κ3) is 2.78. The molecule has 8 heteroatoms. The van der Waals surface area contributed by atoms with Crippen LogP contribution in [0.15, 0.2) is 41.9 Å². The van der Waals surface area contributed by atoms with E-state index in [-0.39, 0.29) is 0 Å². The molecule has 7 nitrogen and oxygen atoms in total. The van der Waals surface area contributed by atoms with Crippen LogP contribution in [0.5, 0.6) is 0 Å². The van der Waals surface area contributed by atoms with Crippen LogP contribution in [-0.2, 0) is 7.05 Å². The molecule has 4 aromatic heterocycles. The average Bonchev–Trinajstić information content (AvgIpc) is 3.24. The van der Waals surface area contributed by atoms with Crippen molar-refractivity contribution in [2.75, 3.05) is 5.75 Å². The first-order valence-corrected chi connectivity index (χ1v) is 8.94. The summed E-state index contributed by atoms with van der Waals surface area (Å²) in [6.45, 7) is 4.14. The molecule has 126 valence electrons. The van der Waals surface area contributed by atoms with Crippen molar-refractivity contribution in [3.05, 3.63) is 42.6 Å². The minimum Gasteiger partial charge on any atom is -0.310 e. The highest BCUT2D eigenvalue weighted by molar-refractivity contribution is 7.99. The molecule has 0 aliphatic rings. The number of nitrogens with zero attached hydrogens (tertiary/aromatic N) is 7. The van der Waals surface area contributed by atoms with E-state index in [9.17, 15) is 0 Å². The van der Waals surface area contributed by atoms with Gasteiger partial charge in [-0.3, -0.25) is 0 Å². The lowest BCUT2D eigenvalue weighted by Gasteiger charge is -2.09. The van der Waals surface area contributed by atoms with Gasteiger partial charge in [-0.15, -0.1) is 11.8 Å². The molecule has 0 aliphatic carbocycles. The van der Waals surface area contributed by atoms with Crippen molar-refractivity contribution >= 4 is 22.9 Å². The fourth-order valence-corrected chi connectivity index (χ4v) is 3.46. The highest BCUT2D eigenvalue weighted by Crippen LogP contribution is 2.31. The maximum Gasteiger partial charge on any atom is 0.162 e. The first kappa shape index (κ1) is 15.8. The summed E-state index contributed by atoms with van der Waals surface area (Å²) in [4.78, 5) is 19.2. The molecule has 0 amide bonds. The minimum absolute atomic E-state index is 0.712. The molecule has 0 radical (unpaired) electrons. The van der Waals surface area contributed by atoms with E-state index in [2.05, 4.69) is 28.1 Å². The van der Waals surface area contributed by atoms with Crippen molar-refractivity contribution in [3.8, 4) is 17.3 Å². The van der Waals surface area contributed by atoms with Crippen molar-refractivity contribution in [1.82, 2.24) is 34.3 Å². The van der Waals surface area contributed by atoms with Gasteiger partial charge in [-0.05, 0) is 36.4 Å². The lowest BCUT2D eigenvalue weighted by atomic mass is 10.3. The lowest BCUT2D eigenvalue weighted by Crippen LogP contribution is -2.03. The molecule has 0 aliphatic heterocycles. The Kier molecular flexibility index (Phi) is 3.96. The summed E-state index contributed by atoms with van der Waals surface area (Å²) in [5.74, 6) is 2.47. The Hall–Kier alpha value is -2.74. The van der Waals surface area contributed by atoms with E-state index in [1.165, 1.54) is 6.33 Å². The van der Waals surface area contributed by atoms with Gasteiger partial charge in [0.2, 0.25) is 0 Å². The quantitative estimate of drug-likeness (QED) is 0.526. The highest BCUT2D eigenvalue weighted by Gasteiger charge is 2.17. The third-order valence-electron chi connectivity index (χ3n) is 3.85. The number of hydrogen-bond acceptors (Lipinski definition) is 6. The number of pyridine rings is 2. The Morgan fingerprint density at radius 2 is 2.08 bits per heavy atom. The van der Waals surface area contributed by atoms with Crippen molar-refractivity contribution in [2.24, 2.45) is 7.05 Å². The largest absolute Gasteiger partial charge is 0.310 e. The van der Waals surface area contributed by atoms with Crippen molar-refractivity contribution < 1.29 is 0 Å². The van der Waals surface area contributed by atoms with Crippen LogP contribution >= 0.6 is 11.8 Å². The van der Waals surface area contributed by atoms with Crippen molar-refractivity contribution in [2.45, 2.75) is 18.7 Å². The number of thioether (sulfide) groups is 1. The van der Waals surface area contributed by atoms with Crippen LogP contribution in [0.3, 0.4) is 0 Å². The Bertz CT molecular complexity index is 1040. The zero-order valence-electron chi connectivity index (χ0n) is 14.2. The van der Waals surface area contributed by atoms with Crippen LogP contribution in [0.1, 0.15) is 12.5 Å². The van der Waals surface area contributed by atoms with E-state index in [1.807, 2.05) is 36.9 Å². The minimum atomic E-state index is 0.712. The van der Waals surface area contributed by atoms with Crippen LogP contribution < -0.4 is 0 Å². The average molecular weight is 351 g/mol. The van der Waals surface area contributed by atoms with E-state index in [1.54, 1.807) is 22.8 Å². The summed E-state index contributed by atoms with van der Waals surface area (Å²) in [6, 6.07) is 6.05. The van der Waals surface area contributed by atoms with Gasteiger partial charge in [0.1, 0.15) is 23.9 Å². The summed E-state index contributed by atoms with van der Waals surface area (Å²) in [7, 11) is 1.97. The Morgan fingerprint density at radius 1 is 1.20 bits per heavy atom. The molecule has 4 heterocycles. The number of aryl methyl sites for hydroxylation is 2. The normalized spacial score (nSPS) is 11.3. The van der Waals surface area contributed by atoms with Gasteiger partial charge >= 0.3 is 0 Å². The topological polar surface area (TPSA) is 74.3 Å². The van der Waals surface area contributed by atoms with Gasteiger partial charge in [-0.25, -0.2) is 24.6 Å². The van der Waals surface area contributed by atoms with Gasteiger partial charge in [-0.1, -0.05) is 6.92 Å². The summed E-state index contributed by atoms with van der Waals surface area (Å²) in [6.07, 6.45) is 4.99. The van der Waals surface area contributed by atoms with Gasteiger partial charge < -0.3 is 4.57 Å². The summed E-state index contributed by atoms with van der Waals surface area (Å²) < 4.78 is 3.64. The molecule has 4 aromatic rings. The second-order valence-corrected chi connectivity index (χ2v) is 6.94. The smallest absolute Gasteiger partial charge is 0.162 e. The van der Waals surface area contributed by atoms with E-state index in [4.69, 9.17) is 9.97 Å². The first-order valence-electron chi connectivity index (χ1n) is 7.95. The molecule has 0 spiro atoms. The standard InChI is InChI=1S/C17H17N7S/c1-4-25-13-5-6-14(24-10-18-9-20-24)22-15(13)17-21-12-7-11(2)8-19-16(12)23(17)3/h5-10H,4H2,1-3H3. The first-order chi connectivity index (χ1) is 12.2. The molecule has 4 rings (SSSR count). The van der Waals surface area contributed by atoms with Gasteiger partial charge in [-0.2, -0.15) is 5.10 Å². The predicted molar refractivity (Wildman–Crippen MR) is 97.8 cm³/mol. The highest BCUT2D eigenvalue weighted by atomic mass is 32.2. The Balaban J connectivity index is 1.93. The molecule has 0 N–H and O–H groups in total. The predicted octanol–water partition coefficient (Wildman–Crippen LogP) is 3.03. The zero-order valence-corrected chi connectivity index (χ0v) is 15.0. The maximum atomic E-state index is 4.81. The SMILES string of the molecule is CCSc1ccc(-n2cncn2)nc1-c1nc2cc(C)cnc2n1C. The van der Waals surface area contributed by atoms with E-state index in [0.717, 1.165) is 38.9 Å². The number of aromatic nitrogens is 7. The molecular formula is C17H17N7S. The second-order valence-electron chi connectivity index (χ2n) is 5.64. The molecule has 25 heavy (non-hydrogen) atoms. The number of imidazole rings is 1. The number of rotatable bonds is 4. The van der Waals surface area contributed by atoms with Crippen molar-refractivity contribution in [3.63, 3.8) is 0 Å². The van der Waals surface area contributed by atoms with Crippen LogP contribution in [0.2, 0.25) is 0 Å². The van der Waals surface area contributed by atoms with Crippen LogP contribution in [0.25, 0.3) is 28.5 Å². The van der Waals surface area contributed by atoms with Gasteiger partial charge in [0, 0.05) is 18.1 Å². The van der Waals surface area contributed by atoms with E-state index in [0.29, 0.717) is 5.82 Å². The molecule has 0 fully saturated rings. The van der Waals surface area contributed by atoms with E-state index >= 15 is 0 Å². The van der Waals surface area contributed by atoms with Crippen LogP contribution in [0, 0.1) is 6.92 Å². The fraction of sp³-hybridized carbons (Fsp3) is 0.235. The van der Waals surface area contributed by atoms with Crippen LogP contribution in [0.4, 0.5) is 0 Å². The van der Waals surface area contributed by atoms with Crippen LogP contribution in [-0.4, -0.2) is 40.0 Å².